The third kappa shape index (κ3) is 1.85. The Morgan fingerprint density at radius 2 is 2.18 bits per heavy atom. The van der Waals surface area contributed by atoms with Crippen molar-refractivity contribution in [3.63, 3.8) is 0 Å². The third-order valence-electron chi connectivity index (χ3n) is 3.32. The molecule has 1 saturated heterocycles. The van der Waals surface area contributed by atoms with Gasteiger partial charge in [0, 0.05) is 18.7 Å². The minimum absolute atomic E-state index is 0.477. The Kier molecular flexibility index (Phi) is 2.65. The molecule has 1 fully saturated rings. The van der Waals surface area contributed by atoms with E-state index in [1.807, 2.05) is 4.68 Å². The Balaban J connectivity index is 1.94. The summed E-state index contributed by atoms with van der Waals surface area (Å²) in [6, 6.07) is 8.87. The van der Waals surface area contributed by atoms with Crippen LogP contribution in [0.3, 0.4) is 0 Å². The van der Waals surface area contributed by atoms with Crippen molar-refractivity contribution in [3.8, 4) is 11.3 Å². The maximum atomic E-state index is 4.28. The van der Waals surface area contributed by atoms with Crippen LogP contribution >= 0.6 is 0 Å². The fourth-order valence-electron chi connectivity index (χ4n) is 2.12. The monoisotopic (exact) mass is 228 g/mol. The van der Waals surface area contributed by atoms with Crippen molar-refractivity contribution in [3.05, 3.63) is 36.0 Å². The van der Waals surface area contributed by atoms with Crippen LogP contribution in [0.5, 0.6) is 0 Å². The lowest BCUT2D eigenvalue weighted by Gasteiger charge is -2.26. The van der Waals surface area contributed by atoms with Gasteiger partial charge in [-0.3, -0.25) is 0 Å². The summed E-state index contributed by atoms with van der Waals surface area (Å²) < 4.78 is 1.97. The minimum Gasteiger partial charge on any atom is -0.312 e. The molecule has 0 amide bonds. The molecule has 2 heterocycles. The van der Waals surface area contributed by atoms with E-state index >= 15 is 0 Å². The summed E-state index contributed by atoms with van der Waals surface area (Å²) in [6.07, 6.45) is 3.08. The van der Waals surface area contributed by atoms with Crippen LogP contribution < -0.4 is 5.32 Å². The zero-order valence-corrected chi connectivity index (χ0v) is 9.93. The van der Waals surface area contributed by atoms with Gasteiger partial charge in [0.25, 0.3) is 0 Å². The van der Waals surface area contributed by atoms with E-state index in [2.05, 4.69) is 53.0 Å². The number of aryl methyl sites for hydroxylation is 1. The summed E-state index contributed by atoms with van der Waals surface area (Å²) in [4.78, 5) is 0. The van der Waals surface area contributed by atoms with Crippen LogP contribution in [-0.2, 0) is 6.42 Å². The van der Waals surface area contributed by atoms with Crippen molar-refractivity contribution in [1.82, 2.24) is 20.3 Å². The van der Waals surface area contributed by atoms with Gasteiger partial charge in [0.2, 0.25) is 0 Å². The molecule has 3 rings (SSSR count). The molecule has 0 unspecified atom stereocenters. The highest BCUT2D eigenvalue weighted by Gasteiger charge is 2.20. The maximum absolute atomic E-state index is 4.28. The van der Waals surface area contributed by atoms with Crippen molar-refractivity contribution in [2.75, 3.05) is 13.1 Å². The largest absolute Gasteiger partial charge is 0.312 e. The molecule has 1 aliphatic heterocycles. The predicted molar refractivity (Wildman–Crippen MR) is 66.7 cm³/mol. The lowest BCUT2D eigenvalue weighted by atomic mass is 10.0. The Bertz CT molecular complexity index is 514. The van der Waals surface area contributed by atoms with Crippen LogP contribution in [0.4, 0.5) is 0 Å². The van der Waals surface area contributed by atoms with E-state index in [4.69, 9.17) is 0 Å². The molecule has 88 valence electrons. The van der Waals surface area contributed by atoms with Gasteiger partial charge in [0.15, 0.2) is 0 Å². The van der Waals surface area contributed by atoms with Crippen LogP contribution in [-0.4, -0.2) is 28.1 Å². The summed E-state index contributed by atoms with van der Waals surface area (Å²) in [5.74, 6) is 0. The molecule has 4 heteroatoms. The summed E-state index contributed by atoms with van der Waals surface area (Å²) in [5.41, 5.74) is 3.51. The number of nitrogens with one attached hydrogen (secondary N) is 1. The number of aromatic nitrogens is 3. The molecule has 1 N–H and O–H groups in total. The van der Waals surface area contributed by atoms with E-state index in [1.54, 1.807) is 0 Å². The average molecular weight is 228 g/mol. The fraction of sp³-hybridized carbons (Fsp3) is 0.385. The van der Waals surface area contributed by atoms with Crippen LogP contribution in [0.1, 0.15) is 18.5 Å². The van der Waals surface area contributed by atoms with Crippen molar-refractivity contribution in [1.29, 1.82) is 0 Å². The predicted octanol–water partition coefficient (Wildman–Crippen LogP) is 1.65. The van der Waals surface area contributed by atoms with Gasteiger partial charge in [0.05, 0.1) is 12.2 Å². The van der Waals surface area contributed by atoms with Crippen LogP contribution in [0.2, 0.25) is 0 Å². The molecule has 4 nitrogen and oxygen atoms in total. The van der Waals surface area contributed by atoms with E-state index in [-0.39, 0.29) is 0 Å². The molecular formula is C13H16N4. The van der Waals surface area contributed by atoms with Gasteiger partial charge < -0.3 is 5.32 Å². The van der Waals surface area contributed by atoms with Gasteiger partial charge >= 0.3 is 0 Å². The second kappa shape index (κ2) is 4.30. The number of hydrogen-bond donors (Lipinski definition) is 1. The summed E-state index contributed by atoms with van der Waals surface area (Å²) in [7, 11) is 0. The lowest BCUT2D eigenvalue weighted by Crippen LogP contribution is -2.43. The minimum atomic E-state index is 0.477. The van der Waals surface area contributed by atoms with Crippen molar-refractivity contribution >= 4 is 0 Å². The van der Waals surface area contributed by atoms with Crippen LogP contribution in [0, 0.1) is 0 Å². The first kappa shape index (κ1) is 10.5. The van der Waals surface area contributed by atoms with E-state index in [0.717, 1.165) is 25.2 Å². The van der Waals surface area contributed by atoms with Gasteiger partial charge in [0.1, 0.15) is 5.69 Å². The van der Waals surface area contributed by atoms with E-state index in [1.165, 1.54) is 11.1 Å². The molecule has 0 aliphatic carbocycles. The van der Waals surface area contributed by atoms with E-state index in [0.29, 0.717) is 6.04 Å². The number of hydrogen-bond acceptors (Lipinski definition) is 3. The normalized spacial score (nSPS) is 15.8. The van der Waals surface area contributed by atoms with Crippen LogP contribution in [0.15, 0.2) is 30.5 Å². The molecule has 2 aromatic rings. The molecule has 1 aromatic carbocycles. The first-order valence-corrected chi connectivity index (χ1v) is 6.09. The zero-order valence-electron chi connectivity index (χ0n) is 9.93. The molecule has 17 heavy (non-hydrogen) atoms. The Morgan fingerprint density at radius 3 is 2.88 bits per heavy atom. The van der Waals surface area contributed by atoms with Crippen molar-refractivity contribution in [2.24, 2.45) is 0 Å². The van der Waals surface area contributed by atoms with Crippen LogP contribution in [0.25, 0.3) is 11.3 Å². The molecular weight excluding hydrogens is 212 g/mol. The Labute approximate surface area is 101 Å². The van der Waals surface area contributed by atoms with Gasteiger partial charge in [-0.05, 0) is 12.0 Å². The smallest absolute Gasteiger partial charge is 0.113 e. The summed E-state index contributed by atoms with van der Waals surface area (Å²) in [6.45, 7) is 4.16. The number of rotatable bonds is 3. The van der Waals surface area contributed by atoms with E-state index in [9.17, 15) is 0 Å². The third-order valence-corrected chi connectivity index (χ3v) is 3.32. The SMILES string of the molecule is CCc1ccccc1-c1cn(C2CNC2)nn1. The second-order valence-electron chi connectivity index (χ2n) is 4.41. The topological polar surface area (TPSA) is 42.7 Å². The quantitative estimate of drug-likeness (QED) is 0.868. The summed E-state index contributed by atoms with van der Waals surface area (Å²) in [5, 5.41) is 11.7. The average Bonchev–Trinajstić information content (AvgIpc) is 2.76. The maximum Gasteiger partial charge on any atom is 0.113 e. The molecule has 0 saturated carbocycles. The Morgan fingerprint density at radius 1 is 1.35 bits per heavy atom. The molecule has 1 aliphatic rings. The molecule has 0 bridgehead atoms. The first-order valence-electron chi connectivity index (χ1n) is 6.09. The van der Waals surface area contributed by atoms with E-state index < -0.39 is 0 Å². The standard InChI is InChI=1S/C13H16N4/c1-2-10-5-3-4-6-12(10)13-9-17(16-15-13)11-7-14-8-11/h3-6,9,11,14H,2,7-8H2,1H3. The van der Waals surface area contributed by atoms with Gasteiger partial charge in [-0.1, -0.05) is 36.4 Å². The Hall–Kier alpha value is -1.68. The lowest BCUT2D eigenvalue weighted by molar-refractivity contribution is 0.313. The molecule has 0 radical (unpaired) electrons. The molecule has 1 aromatic heterocycles. The highest BCUT2D eigenvalue weighted by molar-refractivity contribution is 5.62. The number of benzene rings is 1. The summed E-state index contributed by atoms with van der Waals surface area (Å²) >= 11 is 0. The fourth-order valence-corrected chi connectivity index (χ4v) is 2.12. The van der Waals surface area contributed by atoms with Crippen molar-refractivity contribution in [2.45, 2.75) is 19.4 Å². The molecule has 0 spiro atoms. The van der Waals surface area contributed by atoms with Gasteiger partial charge in [-0.25, -0.2) is 4.68 Å². The molecule has 0 atom stereocenters. The second-order valence-corrected chi connectivity index (χ2v) is 4.41. The first-order chi connectivity index (χ1) is 8.38. The number of nitrogens with zero attached hydrogens (tertiary/aromatic N) is 3. The van der Waals surface area contributed by atoms with Gasteiger partial charge in [-0.15, -0.1) is 5.10 Å². The highest BCUT2D eigenvalue weighted by atomic mass is 15.4. The zero-order chi connectivity index (χ0) is 11.7. The van der Waals surface area contributed by atoms with Gasteiger partial charge in [-0.2, -0.15) is 0 Å². The van der Waals surface area contributed by atoms with Crippen molar-refractivity contribution < 1.29 is 0 Å². The highest BCUT2D eigenvalue weighted by Crippen LogP contribution is 2.23.